The average molecular weight is 521 g/mol. The van der Waals surface area contributed by atoms with Crippen LogP contribution in [-0.4, -0.2) is 21.6 Å². The smallest absolute Gasteiger partial charge is 0.416 e. The maximum atomic E-state index is 13.3. The number of ether oxygens (including phenoxy) is 1. The van der Waals surface area contributed by atoms with Gasteiger partial charge in [-0.2, -0.15) is 13.2 Å². The molecular weight excluding hydrogens is 506 g/mol. The minimum atomic E-state index is -4.43. The lowest BCUT2D eigenvalue weighted by Gasteiger charge is -2.16. The van der Waals surface area contributed by atoms with E-state index >= 15 is 0 Å². The topological polar surface area (TPSA) is 39.9 Å². The molecule has 152 valence electrons. The summed E-state index contributed by atoms with van der Waals surface area (Å²) in [5, 5.41) is 0. The van der Waals surface area contributed by atoms with E-state index in [1.54, 1.807) is 42.7 Å². The van der Waals surface area contributed by atoms with Gasteiger partial charge < -0.3 is 4.74 Å². The molecule has 4 rings (SSSR count). The Balaban J connectivity index is 1.90. The van der Waals surface area contributed by atoms with Crippen molar-refractivity contribution in [2.45, 2.75) is 6.18 Å². The van der Waals surface area contributed by atoms with Crippen LogP contribution in [-0.2, 0) is 6.18 Å². The van der Waals surface area contributed by atoms with E-state index in [0.29, 0.717) is 26.3 Å². The zero-order valence-electron chi connectivity index (χ0n) is 15.7. The number of pyridine rings is 1. The summed E-state index contributed by atoms with van der Waals surface area (Å²) in [7, 11) is 1.59. The van der Waals surface area contributed by atoms with E-state index < -0.39 is 11.7 Å². The third kappa shape index (κ3) is 3.91. The van der Waals surface area contributed by atoms with Crippen LogP contribution in [0, 0.1) is 3.57 Å². The van der Waals surface area contributed by atoms with E-state index in [2.05, 4.69) is 9.97 Å². The maximum absolute atomic E-state index is 13.3. The Morgan fingerprint density at radius 1 is 0.967 bits per heavy atom. The van der Waals surface area contributed by atoms with Gasteiger partial charge in [0.25, 0.3) is 0 Å². The van der Waals surface area contributed by atoms with Crippen molar-refractivity contribution in [3.05, 3.63) is 82.6 Å². The van der Waals surface area contributed by atoms with E-state index in [1.165, 1.54) is 0 Å². The molecule has 0 aliphatic heterocycles. The fourth-order valence-electron chi connectivity index (χ4n) is 3.27. The lowest BCUT2D eigenvalue weighted by Crippen LogP contribution is -2.06. The molecule has 0 unspecified atom stereocenters. The predicted octanol–water partition coefficient (Wildman–Crippen LogP) is 6.23. The van der Waals surface area contributed by atoms with Crippen molar-refractivity contribution in [2.75, 3.05) is 7.11 Å². The number of halogens is 4. The first-order valence-corrected chi connectivity index (χ1v) is 9.94. The average Bonchev–Trinajstić information content (AvgIpc) is 3.22. The molecular formula is C22H15F3IN3O. The molecule has 0 saturated carbocycles. The van der Waals surface area contributed by atoms with Crippen LogP contribution in [0.15, 0.2) is 73.4 Å². The van der Waals surface area contributed by atoms with Gasteiger partial charge in [0.2, 0.25) is 0 Å². The maximum Gasteiger partial charge on any atom is 0.416 e. The van der Waals surface area contributed by atoms with Crippen molar-refractivity contribution in [3.63, 3.8) is 0 Å². The van der Waals surface area contributed by atoms with Crippen LogP contribution in [0.1, 0.15) is 5.56 Å². The molecule has 0 saturated heterocycles. The first-order valence-electron chi connectivity index (χ1n) is 8.87. The zero-order valence-corrected chi connectivity index (χ0v) is 17.8. The fourth-order valence-corrected chi connectivity index (χ4v) is 3.95. The molecule has 0 atom stereocenters. The van der Waals surface area contributed by atoms with Gasteiger partial charge in [-0.1, -0.05) is 18.2 Å². The van der Waals surface area contributed by atoms with Crippen LogP contribution in [0.3, 0.4) is 0 Å². The molecule has 8 heteroatoms. The molecule has 0 aliphatic rings. The minimum Gasteiger partial charge on any atom is -0.496 e. The van der Waals surface area contributed by atoms with Gasteiger partial charge in [-0.05, 0) is 52.9 Å². The third-order valence-corrected chi connectivity index (χ3v) is 5.24. The number of aromatic nitrogens is 3. The number of alkyl halides is 3. The van der Waals surface area contributed by atoms with Crippen molar-refractivity contribution in [1.29, 1.82) is 0 Å². The molecule has 0 bridgehead atoms. The van der Waals surface area contributed by atoms with Crippen LogP contribution >= 0.6 is 22.6 Å². The number of nitrogens with zero attached hydrogens (tertiary/aromatic N) is 3. The van der Waals surface area contributed by atoms with Gasteiger partial charge in [-0.25, -0.2) is 4.98 Å². The molecule has 0 fully saturated rings. The van der Waals surface area contributed by atoms with Crippen LogP contribution < -0.4 is 4.74 Å². The summed E-state index contributed by atoms with van der Waals surface area (Å²) in [6, 6.07) is 13.3. The second-order valence-electron chi connectivity index (χ2n) is 6.47. The quantitative estimate of drug-likeness (QED) is 0.299. The Morgan fingerprint density at radius 3 is 2.53 bits per heavy atom. The molecule has 0 aliphatic carbocycles. The number of hydrogen-bond donors (Lipinski definition) is 0. The van der Waals surface area contributed by atoms with Crippen molar-refractivity contribution in [1.82, 2.24) is 14.5 Å². The van der Waals surface area contributed by atoms with E-state index in [1.807, 2.05) is 52.9 Å². The van der Waals surface area contributed by atoms with E-state index in [4.69, 9.17) is 4.74 Å². The molecule has 4 nitrogen and oxygen atoms in total. The highest BCUT2D eigenvalue weighted by atomic mass is 127. The van der Waals surface area contributed by atoms with Gasteiger partial charge in [-0.3, -0.25) is 9.55 Å². The molecule has 4 aromatic rings. The summed E-state index contributed by atoms with van der Waals surface area (Å²) >= 11 is 1.89. The van der Waals surface area contributed by atoms with Crippen molar-refractivity contribution in [3.8, 4) is 33.8 Å². The summed E-state index contributed by atoms with van der Waals surface area (Å²) in [5.41, 5.74) is 2.60. The monoisotopic (exact) mass is 521 g/mol. The third-order valence-electron chi connectivity index (χ3n) is 4.62. The number of benzene rings is 2. The molecule has 30 heavy (non-hydrogen) atoms. The normalized spacial score (nSPS) is 11.5. The molecule has 0 spiro atoms. The number of hydrogen-bond acceptors (Lipinski definition) is 3. The van der Waals surface area contributed by atoms with Crippen molar-refractivity contribution >= 4 is 22.6 Å². The largest absolute Gasteiger partial charge is 0.496 e. The molecule has 0 amide bonds. The fraction of sp³-hybridized carbons (Fsp3) is 0.0909. The van der Waals surface area contributed by atoms with Gasteiger partial charge in [-0.15, -0.1) is 0 Å². The second-order valence-corrected chi connectivity index (χ2v) is 7.71. The lowest BCUT2D eigenvalue weighted by molar-refractivity contribution is -0.137. The van der Waals surface area contributed by atoms with Gasteiger partial charge in [0.05, 0.1) is 42.8 Å². The number of rotatable bonds is 4. The number of imidazole rings is 1. The first kappa shape index (κ1) is 20.4. The van der Waals surface area contributed by atoms with E-state index in [0.717, 1.165) is 23.3 Å². The zero-order chi connectivity index (χ0) is 21.3. The summed E-state index contributed by atoms with van der Waals surface area (Å²) in [6.45, 7) is 0. The van der Waals surface area contributed by atoms with Crippen LogP contribution in [0.4, 0.5) is 13.2 Å². The Kier molecular flexibility index (Phi) is 5.50. The minimum absolute atomic E-state index is 0.418. The molecule has 2 heterocycles. The van der Waals surface area contributed by atoms with Crippen LogP contribution in [0.5, 0.6) is 5.75 Å². The summed E-state index contributed by atoms with van der Waals surface area (Å²) < 4.78 is 47.7. The van der Waals surface area contributed by atoms with Gasteiger partial charge >= 0.3 is 6.18 Å². The summed E-state index contributed by atoms with van der Waals surface area (Å²) in [4.78, 5) is 8.41. The van der Waals surface area contributed by atoms with Crippen molar-refractivity contribution < 1.29 is 17.9 Å². The number of methoxy groups -OCH3 is 1. The highest BCUT2D eigenvalue weighted by Crippen LogP contribution is 2.37. The summed E-state index contributed by atoms with van der Waals surface area (Å²) in [5.74, 6) is 0.681. The summed E-state index contributed by atoms with van der Waals surface area (Å²) in [6.07, 6.45) is 2.00. The molecule has 2 aromatic carbocycles. The van der Waals surface area contributed by atoms with Crippen molar-refractivity contribution in [2.24, 2.45) is 0 Å². The Hall–Kier alpha value is -2.88. The Bertz CT molecular complexity index is 1200. The molecule has 2 aromatic heterocycles. The second kappa shape index (κ2) is 8.10. The first-order chi connectivity index (χ1) is 14.4. The number of para-hydroxylation sites is 1. The highest BCUT2D eigenvalue weighted by molar-refractivity contribution is 14.1. The SMILES string of the molecule is COc1ccccc1-c1ccncc1-n1cncc1-c1cc(I)cc(C(F)(F)F)c1. The molecule has 0 N–H and O–H groups in total. The van der Waals surface area contributed by atoms with Gasteiger partial charge in [0, 0.05) is 26.5 Å². The van der Waals surface area contributed by atoms with Crippen LogP contribution in [0.25, 0.3) is 28.1 Å². The standard InChI is InChI=1S/C22H15F3IN3O/c1-30-21-5-3-2-4-18(21)17-6-7-27-12-20(17)29-13-28-11-19(29)14-8-15(22(23,24)25)10-16(26)9-14/h2-13H,1H3. The molecule has 0 radical (unpaired) electrons. The highest BCUT2D eigenvalue weighted by Gasteiger charge is 2.31. The van der Waals surface area contributed by atoms with Crippen LogP contribution in [0.2, 0.25) is 0 Å². The van der Waals surface area contributed by atoms with E-state index in [-0.39, 0.29) is 0 Å². The predicted molar refractivity (Wildman–Crippen MR) is 117 cm³/mol. The van der Waals surface area contributed by atoms with E-state index in [9.17, 15) is 13.2 Å². The Labute approximate surface area is 184 Å². The van der Waals surface area contributed by atoms with Gasteiger partial charge in [0.15, 0.2) is 0 Å². The lowest BCUT2D eigenvalue weighted by atomic mass is 10.0. The Morgan fingerprint density at radius 2 is 1.77 bits per heavy atom. The van der Waals surface area contributed by atoms with Gasteiger partial charge in [0.1, 0.15) is 5.75 Å².